The van der Waals surface area contributed by atoms with Crippen LogP contribution < -0.4 is 44.1 Å². The minimum atomic E-state index is -5.72. The molecule has 21 atom stereocenters. The third-order valence-corrected chi connectivity index (χ3v) is 29.3. The van der Waals surface area contributed by atoms with Gasteiger partial charge in [0.1, 0.15) is 85.4 Å². The average molecular weight is 2110 g/mol. The molecule has 11 rings (SSSR count). The molecule has 9 unspecified atom stereocenters. The molecule has 0 saturated carbocycles. The van der Waals surface area contributed by atoms with E-state index in [1.54, 1.807) is 90.3 Å². The molecule has 145 heavy (non-hydrogen) atoms. The van der Waals surface area contributed by atoms with Crippen molar-refractivity contribution in [2.45, 2.75) is 185 Å². The van der Waals surface area contributed by atoms with E-state index in [4.69, 9.17) is 113 Å². The number of fused-ring (bicyclic) bond motifs is 1. The second-order valence-corrected chi connectivity index (χ2v) is 40.2. The van der Waals surface area contributed by atoms with Gasteiger partial charge in [0.05, 0.1) is 148 Å². The molecule has 52 nitrogen and oxygen atoms in total. The van der Waals surface area contributed by atoms with Crippen LogP contribution in [0.1, 0.15) is 123 Å². The van der Waals surface area contributed by atoms with Gasteiger partial charge in [0.25, 0.3) is 22.9 Å². The number of aromatic nitrogens is 10. The summed E-state index contributed by atoms with van der Waals surface area (Å²) in [6.45, 7) is 13.4. The molecule has 5 N–H and O–H groups in total. The molecule has 4 aliphatic rings. The number of nitrogens with one attached hydrogen (secondary N) is 5. The number of phosphoric acid groups is 3. The number of amides is 3. The van der Waals surface area contributed by atoms with Crippen molar-refractivity contribution in [2.75, 3.05) is 164 Å². The van der Waals surface area contributed by atoms with E-state index in [9.17, 15) is 54.1 Å². The van der Waals surface area contributed by atoms with Crippen molar-refractivity contribution in [1.29, 1.82) is 15.8 Å². The summed E-state index contributed by atoms with van der Waals surface area (Å²) in [6.07, 6.45) is -23.4. The van der Waals surface area contributed by atoms with E-state index in [0.29, 0.717) is 0 Å². The number of ether oxygens (including phenoxy) is 12. The van der Waals surface area contributed by atoms with Crippen molar-refractivity contribution in [3.63, 3.8) is 0 Å². The Bertz CT molecular complexity index is 6130. The van der Waals surface area contributed by atoms with Gasteiger partial charge >= 0.3 is 40.5 Å². The summed E-state index contributed by atoms with van der Waals surface area (Å²) in [5, 5.41) is 38.3. The number of rotatable bonds is 59. The normalized spacial score (nSPS) is 23.7. The zero-order chi connectivity index (χ0) is 105. The minimum absolute atomic E-state index is 0.0353. The van der Waals surface area contributed by atoms with Crippen LogP contribution in [-0.4, -0.2) is 298 Å². The monoisotopic (exact) mass is 2110 g/mol. The standard InChI is InChI=1S/C89H120N18O34P4/c1-16-60-66(70(124-43-39-120-13)82(134-60)104-46-55(6)73(97-87(104)113)95-78(110)58-26-19-17-20-27-58)139-143(116,128-34-23-30-90)132-50-62-67(71(125-44-40-121-14)83(136-62)105-47-56(7)74(98-88(105)114)96-79(111)59-28-21-18-22-29-59)140-145(118,130-36-25-32-92)133-51-63-68(72(126-45-41-122-15)84(137-63)107-52-94-64-75(107)99-86(101-80(64)112)100-76(108)53(2)3)141-144(117,129-35-24-31-91)131-49-61-65(138-142(127-37-33-93-9)85(54(4)5)103(10)11)69(123-42-38-119-12)81(135-61)106-48-57(8)77(109)102-89(106)115/h17-22,26-29,46-48,52-54,60-63,65-72,81-85H,16,23-25,33-45,49-51H2,1-8,10-15H3,(H,102,109,115)(H,95,97,110,113)(H,96,98,111,114)(H2,99,100,101,108,112)/t60-,61-,62-,63-,65+,66+,67+,68+,69?,70?,71?,72?,81-,82-,83-,84-,85?,142?,143?,144?,145?/m1/s1. The fourth-order valence-corrected chi connectivity index (χ4v) is 21.7. The highest BCUT2D eigenvalue weighted by atomic mass is 31.2. The summed E-state index contributed by atoms with van der Waals surface area (Å²) in [7, 11) is -9.81. The first-order valence-corrected chi connectivity index (χ1v) is 51.7. The van der Waals surface area contributed by atoms with E-state index >= 15 is 13.7 Å². The third kappa shape index (κ3) is 30.3. The molecule has 4 fully saturated rings. The van der Waals surface area contributed by atoms with Crippen LogP contribution in [0.3, 0.4) is 0 Å². The van der Waals surface area contributed by atoms with Gasteiger partial charge in [0, 0.05) is 80.8 Å². The van der Waals surface area contributed by atoms with E-state index in [2.05, 4.69) is 50.7 Å². The molecule has 4 saturated heterocycles. The van der Waals surface area contributed by atoms with Gasteiger partial charge in [0.15, 0.2) is 44.5 Å². The van der Waals surface area contributed by atoms with Crippen LogP contribution in [0.25, 0.3) is 16.0 Å². The Labute approximate surface area is 834 Å². The van der Waals surface area contributed by atoms with Crippen molar-refractivity contribution >= 4 is 78.3 Å². The van der Waals surface area contributed by atoms with E-state index in [1.807, 2.05) is 37.0 Å². The van der Waals surface area contributed by atoms with Crippen molar-refractivity contribution in [2.24, 2.45) is 11.8 Å². The SMILES string of the molecule is [C-]#[N+]CCOP(O[C@@H]1C(OCCOC)[C@H](n2cc(C)c(=O)[nH]c2=O)O[C@@H]1COP(=O)(OCCC#N)O[C@@H]1C(OCCOC)[C@H](n2cnc3c(=O)[nH]c(NC(=O)C(C)C)nc32)O[C@@H]1COP(=O)(OCCC#N)O[C@@H]1C(OCCOC)[C@H](n2cc(C)c(NC(=O)c3ccccc3)nc2=O)O[C@@H]1COP(=O)(OCCC#N)O[C@@H]1C(OCCOC)[C@H](n2cc(C)c(NC(=O)c3ccccc3)nc2=O)O[C@@H]1CC)C(C(C)C)N(C)C. The Kier molecular flexibility index (Phi) is 43.8. The largest absolute Gasteiger partial charge is 0.475 e. The molecule has 7 aromatic rings. The number of carbonyl (C=O) groups is 3. The summed E-state index contributed by atoms with van der Waals surface area (Å²) in [6, 6.07) is 21.8. The number of hydrogen-bond acceptors (Lipinski definition) is 42. The van der Waals surface area contributed by atoms with Gasteiger partial charge in [-0.05, 0) is 71.5 Å². The predicted molar refractivity (Wildman–Crippen MR) is 511 cm³/mol. The summed E-state index contributed by atoms with van der Waals surface area (Å²) in [4.78, 5) is 139. The molecular weight excluding hydrogens is 1990 g/mol. The number of benzene rings is 2. The lowest BCUT2D eigenvalue weighted by Crippen LogP contribution is -2.42. The first-order chi connectivity index (χ1) is 69.6. The second-order valence-electron chi connectivity index (χ2n) is 33.8. The van der Waals surface area contributed by atoms with Gasteiger partial charge in [0.2, 0.25) is 18.4 Å². The Morgan fingerprint density at radius 3 is 1.31 bits per heavy atom. The lowest BCUT2D eigenvalue weighted by Gasteiger charge is -2.36. The lowest BCUT2D eigenvalue weighted by atomic mass is 10.1. The highest BCUT2D eigenvalue weighted by Gasteiger charge is 2.59. The summed E-state index contributed by atoms with van der Waals surface area (Å²) < 4.78 is 200. The minimum Gasteiger partial charge on any atom is -0.382 e. The number of hydrogen-bond donors (Lipinski definition) is 5. The molecule has 0 aliphatic carbocycles. The van der Waals surface area contributed by atoms with Crippen molar-refractivity contribution < 1.29 is 135 Å². The van der Waals surface area contributed by atoms with Crippen LogP contribution in [0.2, 0.25) is 0 Å². The van der Waals surface area contributed by atoms with Crippen molar-refractivity contribution in [3.8, 4) is 18.2 Å². The molecule has 9 heterocycles. The summed E-state index contributed by atoms with van der Waals surface area (Å²) in [5.74, 6) is -3.95. The van der Waals surface area contributed by atoms with Crippen molar-refractivity contribution in [1.82, 2.24) is 53.1 Å². The number of aromatic amines is 2. The molecule has 790 valence electrons. The Morgan fingerprint density at radius 2 is 0.910 bits per heavy atom. The van der Waals surface area contributed by atoms with Gasteiger partial charge in [-0.1, -0.05) is 71.0 Å². The number of H-pyrrole nitrogens is 2. The lowest BCUT2D eigenvalue weighted by molar-refractivity contribution is -0.119. The molecule has 0 bridgehead atoms. The number of nitriles is 3. The van der Waals surface area contributed by atoms with Gasteiger partial charge < -0.3 is 81.4 Å². The number of nitrogens with zero attached hydrogens (tertiary/aromatic N) is 13. The summed E-state index contributed by atoms with van der Waals surface area (Å²) >= 11 is 0. The van der Waals surface area contributed by atoms with E-state index in [-0.39, 0.29) is 122 Å². The van der Waals surface area contributed by atoms with Gasteiger partial charge in [-0.25, -0.2) is 39.6 Å². The first-order valence-electron chi connectivity index (χ1n) is 46.1. The van der Waals surface area contributed by atoms with E-state index < -0.39 is 260 Å². The average Bonchev–Trinajstić information content (AvgIpc) is 1.13. The topological polar surface area (TPSA) is 618 Å². The molecule has 0 spiro atoms. The smallest absolute Gasteiger partial charge is 0.382 e. The van der Waals surface area contributed by atoms with Crippen LogP contribution in [0.15, 0.2) is 110 Å². The zero-order valence-corrected chi connectivity index (χ0v) is 85.8. The Morgan fingerprint density at radius 1 is 0.510 bits per heavy atom. The maximum absolute atomic E-state index is 16.8. The van der Waals surface area contributed by atoms with Crippen LogP contribution >= 0.6 is 31.8 Å². The van der Waals surface area contributed by atoms with Gasteiger partial charge in [-0.15, -0.1) is 0 Å². The van der Waals surface area contributed by atoms with E-state index in [0.717, 1.165) is 20.0 Å². The molecule has 2 aromatic carbocycles. The van der Waals surface area contributed by atoms with Crippen LogP contribution in [0.4, 0.5) is 17.6 Å². The highest BCUT2D eigenvalue weighted by molar-refractivity contribution is 7.49. The second kappa shape index (κ2) is 55.1. The number of phosphoric ester groups is 3. The van der Waals surface area contributed by atoms with Crippen LogP contribution in [0.5, 0.6) is 0 Å². The fourth-order valence-electron chi connectivity index (χ4n) is 15.6. The number of anilines is 3. The Balaban J connectivity index is 1.03. The summed E-state index contributed by atoms with van der Waals surface area (Å²) in [5.41, 5.74) is -4.42. The number of methoxy groups -OCH3 is 4. The number of imidazole rings is 1. The molecular formula is C89H120N18O34P4. The third-order valence-electron chi connectivity index (χ3n) is 22.5. The highest BCUT2D eigenvalue weighted by Crippen LogP contribution is 2.60. The molecule has 3 amide bonds. The van der Waals surface area contributed by atoms with Crippen LogP contribution in [-0.2, 0) is 125 Å². The van der Waals surface area contributed by atoms with Gasteiger partial charge in [-0.3, -0.25) is 103 Å². The number of carbonyl (C=O) groups excluding carboxylic acids is 3. The molecule has 4 aliphatic heterocycles. The fraction of sp³-hybridized carbons (Fsp3) is 0.596. The Hall–Kier alpha value is -10.2. The molecule has 5 aromatic heterocycles. The zero-order valence-electron chi connectivity index (χ0n) is 82.2. The van der Waals surface area contributed by atoms with E-state index in [1.165, 1.54) is 77.6 Å². The first kappa shape index (κ1) is 115. The molecule has 0 radical (unpaired) electrons. The van der Waals surface area contributed by atoms with Crippen molar-refractivity contribution in [3.05, 3.63) is 177 Å². The van der Waals surface area contributed by atoms with Gasteiger partial charge in [-0.2, -0.15) is 30.7 Å². The molecule has 56 heteroatoms. The maximum Gasteiger partial charge on any atom is 0.475 e. The number of aryl methyl sites for hydroxylation is 3. The van der Waals surface area contributed by atoms with Crippen LogP contribution in [0, 0.1) is 73.2 Å². The predicted octanol–water partition coefficient (Wildman–Crippen LogP) is 7.83. The maximum atomic E-state index is 16.8. The quantitative estimate of drug-likeness (QED) is 0.0138.